The number of imidazole rings is 1. The maximum Gasteiger partial charge on any atom is 0.124 e. The van der Waals surface area contributed by atoms with Gasteiger partial charge in [-0.2, -0.15) is 0 Å². The Balaban J connectivity index is 2.29. The highest BCUT2D eigenvalue weighted by molar-refractivity contribution is 6.16. The summed E-state index contributed by atoms with van der Waals surface area (Å²) in [5.41, 5.74) is 3.35. The lowest BCUT2D eigenvalue weighted by atomic mass is 10.2. The first kappa shape index (κ1) is 13.4. The first-order valence-corrected chi connectivity index (χ1v) is 6.78. The second-order valence-corrected chi connectivity index (χ2v) is 4.99. The van der Waals surface area contributed by atoms with E-state index in [0.717, 1.165) is 23.4 Å². The van der Waals surface area contributed by atoms with Crippen LogP contribution in [-0.2, 0) is 17.2 Å². The van der Waals surface area contributed by atoms with E-state index in [2.05, 4.69) is 34.7 Å². The minimum Gasteiger partial charge on any atom is -0.377 e. The molecule has 0 amide bonds. The fourth-order valence-electron chi connectivity index (χ4n) is 2.02. The largest absolute Gasteiger partial charge is 0.377 e. The van der Waals surface area contributed by atoms with Gasteiger partial charge in [0.05, 0.1) is 29.6 Å². The van der Waals surface area contributed by atoms with Crippen LogP contribution in [-0.4, -0.2) is 22.3 Å². The third-order valence-electron chi connectivity index (χ3n) is 2.87. The Kier molecular flexibility index (Phi) is 4.25. The molecule has 1 aromatic heterocycles. The van der Waals surface area contributed by atoms with E-state index in [9.17, 15) is 0 Å². The predicted molar refractivity (Wildman–Crippen MR) is 75.1 cm³/mol. The molecule has 0 bridgehead atoms. The second-order valence-electron chi connectivity index (χ2n) is 4.73. The molecule has 0 aliphatic carbocycles. The van der Waals surface area contributed by atoms with Crippen molar-refractivity contribution in [1.29, 1.82) is 0 Å². The number of aryl methyl sites for hydroxylation is 1. The van der Waals surface area contributed by atoms with Crippen LogP contribution in [0.5, 0.6) is 0 Å². The van der Waals surface area contributed by atoms with Crippen LogP contribution < -0.4 is 0 Å². The molecule has 0 atom stereocenters. The average molecular weight is 267 g/mol. The fourth-order valence-corrected chi connectivity index (χ4v) is 2.22. The molecule has 0 aliphatic rings. The third-order valence-corrected chi connectivity index (χ3v) is 3.11. The highest BCUT2D eigenvalue weighted by atomic mass is 35.5. The van der Waals surface area contributed by atoms with E-state index in [-0.39, 0.29) is 6.10 Å². The molecule has 98 valence electrons. The van der Waals surface area contributed by atoms with Crippen molar-refractivity contribution in [3.63, 3.8) is 0 Å². The lowest BCUT2D eigenvalue weighted by molar-refractivity contribution is 0.0729. The van der Waals surface area contributed by atoms with Gasteiger partial charge in [-0.3, -0.25) is 0 Å². The summed E-state index contributed by atoms with van der Waals surface area (Å²) in [6.07, 6.45) is 0.251. The Bertz CT molecular complexity index is 534. The molecular formula is C14H19ClN2O. The summed E-state index contributed by atoms with van der Waals surface area (Å²) in [6.45, 7) is 7.62. The van der Waals surface area contributed by atoms with Crippen molar-refractivity contribution in [2.75, 3.05) is 6.61 Å². The van der Waals surface area contributed by atoms with Gasteiger partial charge in [0.25, 0.3) is 0 Å². The Morgan fingerprint density at radius 1 is 1.39 bits per heavy atom. The minimum atomic E-state index is 0.251. The Morgan fingerprint density at radius 2 is 2.17 bits per heavy atom. The lowest BCUT2D eigenvalue weighted by Crippen LogP contribution is -2.12. The van der Waals surface area contributed by atoms with Crippen molar-refractivity contribution in [2.24, 2.45) is 0 Å². The summed E-state index contributed by atoms with van der Waals surface area (Å²) in [5, 5.41) is 0. The van der Waals surface area contributed by atoms with Crippen molar-refractivity contribution in [3.05, 3.63) is 29.6 Å². The number of ether oxygens (including phenoxy) is 1. The van der Waals surface area contributed by atoms with E-state index >= 15 is 0 Å². The van der Waals surface area contributed by atoms with E-state index in [1.165, 1.54) is 5.56 Å². The highest BCUT2D eigenvalue weighted by Crippen LogP contribution is 2.19. The molecule has 18 heavy (non-hydrogen) atoms. The topological polar surface area (TPSA) is 27.1 Å². The van der Waals surface area contributed by atoms with Gasteiger partial charge < -0.3 is 9.30 Å². The number of hydrogen-bond donors (Lipinski definition) is 0. The smallest absolute Gasteiger partial charge is 0.124 e. The van der Waals surface area contributed by atoms with E-state index < -0.39 is 0 Å². The van der Waals surface area contributed by atoms with Gasteiger partial charge in [0, 0.05) is 6.54 Å². The number of nitrogens with zero attached hydrogens (tertiary/aromatic N) is 2. The maximum absolute atomic E-state index is 5.96. The van der Waals surface area contributed by atoms with Crippen LogP contribution in [0, 0.1) is 6.92 Å². The van der Waals surface area contributed by atoms with E-state index in [1.807, 2.05) is 13.8 Å². The lowest BCUT2D eigenvalue weighted by Gasteiger charge is -2.10. The maximum atomic E-state index is 5.96. The van der Waals surface area contributed by atoms with Crippen LogP contribution in [0.25, 0.3) is 11.0 Å². The molecule has 1 aromatic carbocycles. The zero-order valence-corrected chi connectivity index (χ0v) is 11.9. The number of fused-ring (bicyclic) bond motifs is 1. The molecule has 1 heterocycles. The molecule has 0 saturated heterocycles. The molecular weight excluding hydrogens is 248 g/mol. The molecule has 0 N–H and O–H groups in total. The number of alkyl halides is 1. The van der Waals surface area contributed by atoms with Crippen LogP contribution in [0.1, 0.15) is 25.2 Å². The van der Waals surface area contributed by atoms with Gasteiger partial charge in [0.15, 0.2) is 0 Å². The molecule has 0 unspecified atom stereocenters. The SMILES string of the molecule is Cc1ccc2c(c1)nc(CCl)n2CCOC(C)C. The van der Waals surface area contributed by atoms with Gasteiger partial charge >= 0.3 is 0 Å². The summed E-state index contributed by atoms with van der Waals surface area (Å²) in [6, 6.07) is 6.29. The summed E-state index contributed by atoms with van der Waals surface area (Å²) in [4.78, 5) is 4.57. The van der Waals surface area contributed by atoms with Crippen molar-refractivity contribution in [2.45, 2.75) is 39.3 Å². The van der Waals surface area contributed by atoms with Crippen molar-refractivity contribution < 1.29 is 4.74 Å². The quantitative estimate of drug-likeness (QED) is 0.775. The fraction of sp³-hybridized carbons (Fsp3) is 0.500. The van der Waals surface area contributed by atoms with Gasteiger partial charge in [-0.05, 0) is 38.5 Å². The minimum absolute atomic E-state index is 0.251. The second kappa shape index (κ2) is 5.72. The van der Waals surface area contributed by atoms with Crippen molar-refractivity contribution in [1.82, 2.24) is 9.55 Å². The van der Waals surface area contributed by atoms with Crippen LogP contribution in [0.2, 0.25) is 0 Å². The predicted octanol–water partition coefficient (Wildman–Crippen LogP) is 3.51. The molecule has 2 aromatic rings. The van der Waals surface area contributed by atoms with E-state index in [0.29, 0.717) is 12.5 Å². The van der Waals surface area contributed by atoms with Gasteiger partial charge in [0.2, 0.25) is 0 Å². The standard InChI is InChI=1S/C14H19ClN2O/c1-10(2)18-7-6-17-13-5-4-11(3)8-12(13)16-14(17)9-15/h4-5,8,10H,6-7,9H2,1-3H3. The molecule has 0 radical (unpaired) electrons. The highest BCUT2D eigenvalue weighted by Gasteiger charge is 2.09. The molecule has 0 fully saturated rings. The molecule has 0 spiro atoms. The van der Waals surface area contributed by atoms with Crippen LogP contribution in [0.3, 0.4) is 0 Å². The zero-order valence-electron chi connectivity index (χ0n) is 11.1. The van der Waals surface area contributed by atoms with Crippen LogP contribution in [0.15, 0.2) is 18.2 Å². The summed E-state index contributed by atoms with van der Waals surface area (Å²) >= 11 is 5.96. The number of benzene rings is 1. The van der Waals surface area contributed by atoms with Gasteiger partial charge in [-0.15, -0.1) is 11.6 Å². The first-order chi connectivity index (χ1) is 8.61. The van der Waals surface area contributed by atoms with Gasteiger partial charge in [-0.25, -0.2) is 4.98 Å². The summed E-state index contributed by atoms with van der Waals surface area (Å²) in [7, 11) is 0. The third kappa shape index (κ3) is 2.85. The average Bonchev–Trinajstić information content (AvgIpc) is 2.66. The normalized spacial score (nSPS) is 11.6. The van der Waals surface area contributed by atoms with Crippen molar-refractivity contribution in [3.8, 4) is 0 Å². The molecule has 4 heteroatoms. The van der Waals surface area contributed by atoms with E-state index in [4.69, 9.17) is 16.3 Å². The monoisotopic (exact) mass is 266 g/mol. The van der Waals surface area contributed by atoms with Crippen LogP contribution in [0.4, 0.5) is 0 Å². The number of aromatic nitrogens is 2. The van der Waals surface area contributed by atoms with E-state index in [1.54, 1.807) is 0 Å². The Labute approximate surface area is 113 Å². The molecule has 2 rings (SSSR count). The van der Waals surface area contributed by atoms with Gasteiger partial charge in [-0.1, -0.05) is 6.07 Å². The summed E-state index contributed by atoms with van der Waals surface area (Å²) in [5.74, 6) is 1.33. The first-order valence-electron chi connectivity index (χ1n) is 6.25. The molecule has 3 nitrogen and oxygen atoms in total. The summed E-state index contributed by atoms with van der Waals surface area (Å²) < 4.78 is 7.74. The number of halogens is 1. The van der Waals surface area contributed by atoms with Crippen LogP contribution >= 0.6 is 11.6 Å². The molecule has 0 aliphatic heterocycles. The van der Waals surface area contributed by atoms with Gasteiger partial charge in [0.1, 0.15) is 5.82 Å². The Morgan fingerprint density at radius 3 is 2.83 bits per heavy atom. The zero-order chi connectivity index (χ0) is 13.1. The number of rotatable bonds is 5. The Hall–Kier alpha value is -1.06. The number of hydrogen-bond acceptors (Lipinski definition) is 2. The molecule has 0 saturated carbocycles. The van der Waals surface area contributed by atoms with Crippen molar-refractivity contribution >= 4 is 22.6 Å².